The molecule has 0 aliphatic carbocycles. The molecule has 0 saturated carbocycles. The molecule has 0 heterocycles. The second-order valence-electron chi connectivity index (χ2n) is 5.39. The standard InChI is InChI=1S/C16H25NO2S/c1-12(2)15(16(19)17-10-9-13(3)18)20-11-14-7-5-4-6-8-14/h4-8,12-13,15,18H,9-11H2,1-3H3,(H,17,19). The number of hydrogen-bond acceptors (Lipinski definition) is 3. The van der Waals surface area contributed by atoms with E-state index in [1.54, 1.807) is 18.7 Å². The molecular formula is C16H25NO2S. The molecule has 1 rings (SSSR count). The van der Waals surface area contributed by atoms with Crippen LogP contribution in [0, 0.1) is 5.92 Å². The number of aliphatic hydroxyl groups is 1. The third kappa shape index (κ3) is 6.44. The summed E-state index contributed by atoms with van der Waals surface area (Å²) in [6.07, 6.45) is 0.227. The molecule has 1 aromatic carbocycles. The molecule has 2 unspecified atom stereocenters. The Morgan fingerprint density at radius 1 is 1.25 bits per heavy atom. The van der Waals surface area contributed by atoms with E-state index in [4.69, 9.17) is 0 Å². The van der Waals surface area contributed by atoms with Gasteiger partial charge in [-0.15, -0.1) is 11.8 Å². The summed E-state index contributed by atoms with van der Waals surface area (Å²) >= 11 is 1.68. The molecule has 20 heavy (non-hydrogen) atoms. The van der Waals surface area contributed by atoms with E-state index in [0.29, 0.717) is 13.0 Å². The van der Waals surface area contributed by atoms with Crippen molar-refractivity contribution in [1.29, 1.82) is 0 Å². The van der Waals surface area contributed by atoms with Crippen LogP contribution in [-0.4, -0.2) is 28.9 Å². The first-order valence-electron chi connectivity index (χ1n) is 7.12. The monoisotopic (exact) mass is 295 g/mol. The number of carbonyl (C=O) groups is 1. The molecule has 0 bridgehead atoms. The number of aliphatic hydroxyl groups excluding tert-OH is 1. The highest BCUT2D eigenvalue weighted by atomic mass is 32.2. The van der Waals surface area contributed by atoms with Crippen LogP contribution in [-0.2, 0) is 10.5 Å². The first-order chi connectivity index (χ1) is 9.50. The Balaban J connectivity index is 2.45. The minimum atomic E-state index is -0.371. The van der Waals surface area contributed by atoms with Gasteiger partial charge in [-0.3, -0.25) is 4.79 Å². The second-order valence-corrected chi connectivity index (χ2v) is 6.52. The Morgan fingerprint density at radius 2 is 1.90 bits per heavy atom. The summed E-state index contributed by atoms with van der Waals surface area (Å²) in [6.45, 7) is 6.40. The van der Waals surface area contributed by atoms with E-state index in [1.165, 1.54) is 5.56 Å². The topological polar surface area (TPSA) is 49.3 Å². The van der Waals surface area contributed by atoms with E-state index in [-0.39, 0.29) is 23.2 Å². The van der Waals surface area contributed by atoms with Crippen molar-refractivity contribution in [2.45, 2.75) is 44.3 Å². The maximum Gasteiger partial charge on any atom is 0.233 e. The van der Waals surface area contributed by atoms with Crippen molar-refractivity contribution in [2.75, 3.05) is 6.54 Å². The number of hydrogen-bond donors (Lipinski definition) is 2. The molecule has 0 aliphatic heterocycles. The van der Waals surface area contributed by atoms with E-state index in [2.05, 4.69) is 31.3 Å². The number of carbonyl (C=O) groups excluding carboxylic acids is 1. The largest absolute Gasteiger partial charge is 0.393 e. The Morgan fingerprint density at radius 3 is 2.45 bits per heavy atom. The smallest absolute Gasteiger partial charge is 0.233 e. The Bertz CT molecular complexity index is 393. The van der Waals surface area contributed by atoms with Crippen molar-refractivity contribution in [1.82, 2.24) is 5.32 Å². The van der Waals surface area contributed by atoms with Gasteiger partial charge in [0.1, 0.15) is 0 Å². The number of thioether (sulfide) groups is 1. The minimum absolute atomic E-state index is 0.0517. The van der Waals surface area contributed by atoms with Gasteiger partial charge in [-0.1, -0.05) is 44.2 Å². The number of benzene rings is 1. The third-order valence-electron chi connectivity index (χ3n) is 3.00. The van der Waals surface area contributed by atoms with Crippen LogP contribution in [0.3, 0.4) is 0 Å². The fourth-order valence-electron chi connectivity index (χ4n) is 1.84. The van der Waals surface area contributed by atoms with Crippen molar-refractivity contribution in [3.63, 3.8) is 0 Å². The predicted octanol–water partition coefficient (Wildman–Crippen LogP) is 2.83. The van der Waals surface area contributed by atoms with E-state index >= 15 is 0 Å². The van der Waals surface area contributed by atoms with Crippen molar-refractivity contribution >= 4 is 17.7 Å². The summed E-state index contributed by atoms with van der Waals surface area (Å²) in [4.78, 5) is 12.2. The maximum absolute atomic E-state index is 12.2. The highest BCUT2D eigenvalue weighted by molar-refractivity contribution is 7.99. The normalized spacial score (nSPS) is 14.1. The van der Waals surface area contributed by atoms with Crippen LogP contribution in [0.25, 0.3) is 0 Å². The summed E-state index contributed by atoms with van der Waals surface area (Å²) in [5.74, 6) is 1.20. The van der Waals surface area contributed by atoms with Crippen molar-refractivity contribution < 1.29 is 9.90 Å². The minimum Gasteiger partial charge on any atom is -0.393 e. The van der Waals surface area contributed by atoms with Gasteiger partial charge < -0.3 is 10.4 Å². The zero-order valence-corrected chi connectivity index (χ0v) is 13.3. The highest BCUT2D eigenvalue weighted by Crippen LogP contribution is 2.23. The molecule has 0 aliphatic rings. The average molecular weight is 295 g/mol. The summed E-state index contributed by atoms with van der Waals surface area (Å²) in [7, 11) is 0. The Kier molecular flexibility index (Phi) is 7.70. The van der Waals surface area contributed by atoms with E-state index in [0.717, 1.165) is 5.75 Å². The Hall–Kier alpha value is -1.00. The molecule has 0 spiro atoms. The van der Waals surface area contributed by atoms with Gasteiger partial charge in [-0.25, -0.2) is 0 Å². The highest BCUT2D eigenvalue weighted by Gasteiger charge is 2.22. The van der Waals surface area contributed by atoms with Gasteiger partial charge in [-0.2, -0.15) is 0 Å². The van der Waals surface area contributed by atoms with Crippen LogP contribution >= 0.6 is 11.8 Å². The van der Waals surface area contributed by atoms with Crippen LogP contribution < -0.4 is 5.32 Å². The van der Waals surface area contributed by atoms with Crippen molar-refractivity contribution in [2.24, 2.45) is 5.92 Å². The third-order valence-corrected chi connectivity index (χ3v) is 4.62. The lowest BCUT2D eigenvalue weighted by atomic mass is 10.1. The van der Waals surface area contributed by atoms with Crippen molar-refractivity contribution in [3.8, 4) is 0 Å². The predicted molar refractivity (Wildman–Crippen MR) is 85.7 cm³/mol. The first-order valence-corrected chi connectivity index (χ1v) is 8.17. The van der Waals surface area contributed by atoms with Crippen LogP contribution in [0.4, 0.5) is 0 Å². The molecule has 1 aromatic rings. The molecule has 2 N–H and O–H groups in total. The van der Waals surface area contributed by atoms with Crippen LogP contribution in [0.2, 0.25) is 0 Å². The quantitative estimate of drug-likeness (QED) is 0.775. The lowest BCUT2D eigenvalue weighted by Gasteiger charge is -2.20. The van der Waals surface area contributed by atoms with Gasteiger partial charge in [0.25, 0.3) is 0 Å². The summed E-state index contributed by atoms with van der Waals surface area (Å²) in [6, 6.07) is 10.2. The fourth-order valence-corrected chi connectivity index (χ4v) is 3.02. The van der Waals surface area contributed by atoms with Crippen LogP contribution in [0.1, 0.15) is 32.8 Å². The maximum atomic E-state index is 12.2. The van der Waals surface area contributed by atoms with Gasteiger partial charge in [-0.05, 0) is 24.8 Å². The molecule has 0 radical (unpaired) electrons. The van der Waals surface area contributed by atoms with E-state index in [1.807, 2.05) is 18.2 Å². The molecule has 0 aromatic heterocycles. The Labute approximate surface area is 126 Å². The van der Waals surface area contributed by atoms with Crippen molar-refractivity contribution in [3.05, 3.63) is 35.9 Å². The molecule has 0 saturated heterocycles. The number of rotatable bonds is 8. The van der Waals surface area contributed by atoms with E-state index in [9.17, 15) is 9.90 Å². The molecule has 112 valence electrons. The van der Waals surface area contributed by atoms with Crippen LogP contribution in [0.15, 0.2) is 30.3 Å². The molecule has 2 atom stereocenters. The van der Waals surface area contributed by atoms with Gasteiger partial charge in [0.05, 0.1) is 11.4 Å². The molecular weight excluding hydrogens is 270 g/mol. The van der Waals surface area contributed by atoms with Gasteiger partial charge in [0.2, 0.25) is 5.91 Å². The summed E-state index contributed by atoms with van der Waals surface area (Å²) < 4.78 is 0. The lowest BCUT2D eigenvalue weighted by Crippen LogP contribution is -2.37. The number of nitrogens with one attached hydrogen (secondary N) is 1. The van der Waals surface area contributed by atoms with Gasteiger partial charge >= 0.3 is 0 Å². The zero-order chi connectivity index (χ0) is 15.0. The zero-order valence-electron chi connectivity index (χ0n) is 12.5. The summed E-state index contributed by atoms with van der Waals surface area (Å²) in [5.41, 5.74) is 1.24. The average Bonchev–Trinajstić information content (AvgIpc) is 2.39. The number of amides is 1. The second kappa shape index (κ2) is 9.03. The molecule has 3 nitrogen and oxygen atoms in total. The molecule has 4 heteroatoms. The van der Waals surface area contributed by atoms with Crippen LogP contribution in [0.5, 0.6) is 0 Å². The fraction of sp³-hybridized carbons (Fsp3) is 0.562. The first kappa shape index (κ1) is 17.1. The summed E-state index contributed by atoms with van der Waals surface area (Å²) in [5, 5.41) is 12.1. The molecule has 1 amide bonds. The lowest BCUT2D eigenvalue weighted by molar-refractivity contribution is -0.121. The van der Waals surface area contributed by atoms with Gasteiger partial charge in [0.15, 0.2) is 0 Å². The van der Waals surface area contributed by atoms with Gasteiger partial charge in [0, 0.05) is 12.3 Å². The molecule has 0 fully saturated rings. The van der Waals surface area contributed by atoms with E-state index < -0.39 is 0 Å². The SMILES string of the molecule is CC(O)CCNC(=O)C(SCc1ccccc1)C(C)C.